The highest BCUT2D eigenvalue weighted by Crippen LogP contribution is 2.04. The first kappa shape index (κ1) is 16.1. The Morgan fingerprint density at radius 2 is 1.72 bits per heavy atom. The van der Waals surface area contributed by atoms with Gasteiger partial charge in [0.15, 0.2) is 0 Å². The van der Waals surface area contributed by atoms with Crippen molar-refractivity contribution in [2.75, 3.05) is 13.1 Å². The van der Waals surface area contributed by atoms with Gasteiger partial charge in [0.05, 0.1) is 0 Å². The van der Waals surface area contributed by atoms with Crippen LogP contribution in [0.1, 0.15) is 12.5 Å². The number of rotatable bonds is 4. The number of benzene rings is 1. The van der Waals surface area contributed by atoms with Crippen LogP contribution in [0.4, 0.5) is 0 Å². The maximum absolute atomic E-state index is 9.60. The van der Waals surface area contributed by atoms with E-state index in [0.29, 0.717) is 13.1 Å². The molecule has 0 unspecified atom stereocenters. The van der Waals surface area contributed by atoms with E-state index < -0.39 is 5.97 Å². The molecule has 1 aromatic carbocycles. The number of aliphatic carboxylic acids is 1. The molecule has 0 aliphatic carbocycles. The predicted molar refractivity (Wildman–Crippen MR) is 75.0 cm³/mol. The maximum Gasteiger partial charge on any atom is 0.330 e. The fourth-order valence-electron chi connectivity index (χ4n) is 0.986. The Morgan fingerprint density at radius 3 is 2.06 bits per heavy atom. The number of carboxylic acid groups (broad SMARTS) is 1. The molecule has 0 bridgehead atoms. The number of nitrogens with two attached hydrogens (primary N) is 2. The standard InChI is InChI=1S/C10H14N2.C4H6O2/c11-7-10(8-12)6-9-4-2-1-3-5-9;1-3(2)4(5)6/h1-6H,7-8,11-12H2;1H2,2H3,(H,5,6). The molecule has 4 heteroatoms. The lowest BCUT2D eigenvalue weighted by molar-refractivity contribution is -0.132. The molecular formula is C14H20N2O2. The van der Waals surface area contributed by atoms with Crippen molar-refractivity contribution in [3.05, 3.63) is 53.6 Å². The Kier molecular flexibility index (Phi) is 8.18. The van der Waals surface area contributed by atoms with Gasteiger partial charge < -0.3 is 16.6 Å². The van der Waals surface area contributed by atoms with E-state index in [1.165, 1.54) is 6.92 Å². The first-order chi connectivity index (χ1) is 8.51. The monoisotopic (exact) mass is 248 g/mol. The fourth-order valence-corrected chi connectivity index (χ4v) is 0.986. The quantitative estimate of drug-likeness (QED) is 0.706. The van der Waals surface area contributed by atoms with Crippen LogP contribution in [0.3, 0.4) is 0 Å². The van der Waals surface area contributed by atoms with E-state index in [1.54, 1.807) is 0 Å². The third-order valence-corrected chi connectivity index (χ3v) is 2.06. The summed E-state index contributed by atoms with van der Waals surface area (Å²) < 4.78 is 0. The number of carboxylic acids is 1. The highest BCUT2D eigenvalue weighted by atomic mass is 16.4. The number of hydrogen-bond acceptors (Lipinski definition) is 3. The lowest BCUT2D eigenvalue weighted by Crippen LogP contribution is -2.12. The average Bonchev–Trinajstić information content (AvgIpc) is 2.37. The maximum atomic E-state index is 9.60. The van der Waals surface area contributed by atoms with E-state index >= 15 is 0 Å². The number of carbonyl (C=O) groups is 1. The van der Waals surface area contributed by atoms with Gasteiger partial charge in [-0.25, -0.2) is 4.79 Å². The predicted octanol–water partition coefficient (Wildman–Crippen LogP) is 1.63. The first-order valence-electron chi connectivity index (χ1n) is 5.54. The van der Waals surface area contributed by atoms with Crippen LogP contribution in [0, 0.1) is 0 Å². The molecule has 98 valence electrons. The molecule has 0 saturated carbocycles. The van der Waals surface area contributed by atoms with E-state index in [9.17, 15) is 4.79 Å². The summed E-state index contributed by atoms with van der Waals surface area (Å²) in [6, 6.07) is 10.0. The SMILES string of the molecule is C=C(C)C(=O)O.NCC(=Cc1ccccc1)CN. The molecular weight excluding hydrogens is 228 g/mol. The van der Waals surface area contributed by atoms with Crippen molar-refractivity contribution < 1.29 is 9.90 Å². The summed E-state index contributed by atoms with van der Waals surface area (Å²) in [6.45, 7) is 5.67. The van der Waals surface area contributed by atoms with Gasteiger partial charge in [0.2, 0.25) is 0 Å². The van der Waals surface area contributed by atoms with Gasteiger partial charge in [-0.1, -0.05) is 43.0 Å². The Labute approximate surface area is 108 Å². The second-order valence-corrected chi connectivity index (χ2v) is 3.71. The Balaban J connectivity index is 0.000000411. The van der Waals surface area contributed by atoms with Gasteiger partial charge in [-0.15, -0.1) is 0 Å². The molecule has 0 saturated heterocycles. The van der Waals surface area contributed by atoms with Crippen LogP contribution in [0.2, 0.25) is 0 Å². The molecule has 0 radical (unpaired) electrons. The first-order valence-corrected chi connectivity index (χ1v) is 5.54. The van der Waals surface area contributed by atoms with E-state index in [4.69, 9.17) is 16.6 Å². The van der Waals surface area contributed by atoms with Gasteiger partial charge in [0, 0.05) is 18.7 Å². The Hall–Kier alpha value is -1.91. The molecule has 0 aliphatic rings. The molecule has 0 amide bonds. The minimum atomic E-state index is -0.935. The van der Waals surface area contributed by atoms with Crippen molar-refractivity contribution in [1.82, 2.24) is 0 Å². The van der Waals surface area contributed by atoms with E-state index in [-0.39, 0.29) is 5.57 Å². The second-order valence-electron chi connectivity index (χ2n) is 3.71. The minimum absolute atomic E-state index is 0.176. The van der Waals surface area contributed by atoms with Crippen molar-refractivity contribution in [3.8, 4) is 0 Å². The van der Waals surface area contributed by atoms with Crippen LogP contribution in [0.5, 0.6) is 0 Å². The molecule has 1 rings (SSSR count). The summed E-state index contributed by atoms with van der Waals surface area (Å²) in [5.41, 5.74) is 13.4. The Morgan fingerprint density at radius 1 is 1.28 bits per heavy atom. The smallest absolute Gasteiger partial charge is 0.330 e. The van der Waals surface area contributed by atoms with E-state index in [0.717, 1.165) is 11.1 Å². The largest absolute Gasteiger partial charge is 0.478 e. The van der Waals surface area contributed by atoms with Gasteiger partial charge in [0.1, 0.15) is 0 Å². The van der Waals surface area contributed by atoms with Crippen molar-refractivity contribution in [2.45, 2.75) is 6.92 Å². The lowest BCUT2D eigenvalue weighted by atomic mass is 10.1. The molecule has 0 fully saturated rings. The minimum Gasteiger partial charge on any atom is -0.478 e. The van der Waals surface area contributed by atoms with Crippen LogP contribution in [-0.2, 0) is 4.79 Å². The fraction of sp³-hybridized carbons (Fsp3) is 0.214. The molecule has 1 aromatic rings. The van der Waals surface area contributed by atoms with E-state index in [1.807, 2.05) is 36.4 Å². The summed E-state index contributed by atoms with van der Waals surface area (Å²) in [4.78, 5) is 9.60. The molecule has 0 heterocycles. The van der Waals surface area contributed by atoms with Gasteiger partial charge in [-0.3, -0.25) is 0 Å². The van der Waals surface area contributed by atoms with Gasteiger partial charge >= 0.3 is 5.97 Å². The van der Waals surface area contributed by atoms with Crippen LogP contribution in [0.25, 0.3) is 6.08 Å². The van der Waals surface area contributed by atoms with Crippen molar-refractivity contribution in [3.63, 3.8) is 0 Å². The third-order valence-electron chi connectivity index (χ3n) is 2.06. The summed E-state index contributed by atoms with van der Waals surface area (Å²) in [5, 5.41) is 7.89. The summed E-state index contributed by atoms with van der Waals surface area (Å²) in [5.74, 6) is -0.935. The number of hydrogen-bond donors (Lipinski definition) is 3. The molecule has 0 aliphatic heterocycles. The van der Waals surface area contributed by atoms with Gasteiger partial charge in [-0.2, -0.15) is 0 Å². The highest BCUT2D eigenvalue weighted by molar-refractivity contribution is 5.84. The Bertz CT molecular complexity index is 393. The summed E-state index contributed by atoms with van der Waals surface area (Å²) >= 11 is 0. The summed E-state index contributed by atoms with van der Waals surface area (Å²) in [6.07, 6.45) is 2.03. The molecule has 5 N–H and O–H groups in total. The topological polar surface area (TPSA) is 89.3 Å². The lowest BCUT2D eigenvalue weighted by Gasteiger charge is -1.99. The van der Waals surface area contributed by atoms with E-state index in [2.05, 4.69) is 6.58 Å². The second kappa shape index (κ2) is 9.15. The van der Waals surface area contributed by atoms with Crippen LogP contribution in [-0.4, -0.2) is 24.2 Å². The third kappa shape index (κ3) is 7.38. The normalized spacial score (nSPS) is 8.83. The molecule has 0 atom stereocenters. The molecule has 0 aromatic heterocycles. The zero-order valence-electron chi connectivity index (χ0n) is 10.6. The molecule has 4 nitrogen and oxygen atoms in total. The van der Waals surface area contributed by atoms with Crippen LogP contribution < -0.4 is 11.5 Å². The zero-order chi connectivity index (χ0) is 14.0. The van der Waals surface area contributed by atoms with Gasteiger partial charge in [-0.05, 0) is 18.1 Å². The van der Waals surface area contributed by atoms with Crippen LogP contribution in [0.15, 0.2) is 48.1 Å². The molecule has 0 spiro atoms. The van der Waals surface area contributed by atoms with Crippen LogP contribution >= 0.6 is 0 Å². The molecule has 18 heavy (non-hydrogen) atoms. The van der Waals surface area contributed by atoms with Crippen molar-refractivity contribution in [2.24, 2.45) is 11.5 Å². The highest BCUT2D eigenvalue weighted by Gasteiger charge is 1.91. The van der Waals surface area contributed by atoms with Crippen molar-refractivity contribution in [1.29, 1.82) is 0 Å². The van der Waals surface area contributed by atoms with Gasteiger partial charge in [0.25, 0.3) is 0 Å². The van der Waals surface area contributed by atoms with Crippen molar-refractivity contribution >= 4 is 12.0 Å². The zero-order valence-corrected chi connectivity index (χ0v) is 10.6. The average molecular weight is 248 g/mol. The summed E-state index contributed by atoms with van der Waals surface area (Å²) in [7, 11) is 0.